The lowest BCUT2D eigenvalue weighted by Gasteiger charge is -2.16. The predicted octanol–water partition coefficient (Wildman–Crippen LogP) is 5.69. The Morgan fingerprint density at radius 3 is 1.44 bits per heavy atom. The van der Waals surface area contributed by atoms with Gasteiger partial charge in [0.2, 0.25) is 0 Å². The minimum absolute atomic E-state index is 0.676. The fraction of sp³-hybridized carbons (Fsp3) is 0.583. The van der Waals surface area contributed by atoms with E-state index in [2.05, 4.69) is 84.9 Å². The highest BCUT2D eigenvalue weighted by molar-refractivity contribution is 7.83. The topological polar surface area (TPSA) is 31.2 Å². The highest BCUT2D eigenvalue weighted by atomic mass is 32.2. The fourth-order valence-electron chi connectivity index (χ4n) is 3.38. The molecule has 0 unspecified atom stereocenters. The number of likely N-dealkylation sites (N-methyl/N-ethyl adjacent to an activating group) is 2. The van der Waals surface area contributed by atoms with Crippen molar-refractivity contribution in [2.24, 2.45) is 9.98 Å². The second-order valence-electron chi connectivity index (χ2n) is 7.57. The summed E-state index contributed by atoms with van der Waals surface area (Å²) in [5.41, 5.74) is 2.23. The van der Waals surface area contributed by atoms with Crippen molar-refractivity contribution >= 4 is 60.4 Å². The maximum Gasteiger partial charge on any atom is 0.0658 e. The van der Waals surface area contributed by atoms with Gasteiger partial charge in [0.05, 0.1) is 21.5 Å². The van der Waals surface area contributed by atoms with E-state index < -0.39 is 0 Å². The van der Waals surface area contributed by atoms with Crippen LogP contribution in [0.2, 0.25) is 0 Å². The Morgan fingerprint density at radius 1 is 0.719 bits per heavy atom. The van der Waals surface area contributed by atoms with Crippen molar-refractivity contribution in [1.29, 1.82) is 0 Å². The second kappa shape index (κ2) is 15.3. The Labute approximate surface area is 213 Å². The summed E-state index contributed by atoms with van der Waals surface area (Å²) in [6.07, 6.45) is 6.02. The van der Waals surface area contributed by atoms with E-state index in [1.165, 1.54) is 9.75 Å². The van der Waals surface area contributed by atoms with E-state index in [1.54, 1.807) is 22.7 Å². The van der Waals surface area contributed by atoms with Crippen molar-refractivity contribution in [1.82, 2.24) is 9.80 Å². The molecule has 0 amide bonds. The van der Waals surface area contributed by atoms with Crippen LogP contribution in [-0.4, -0.2) is 74.6 Å². The van der Waals surface area contributed by atoms with Crippen LogP contribution in [0.5, 0.6) is 0 Å². The lowest BCUT2D eigenvalue weighted by Crippen LogP contribution is -2.25. The Balaban J connectivity index is 1.78. The largest absolute Gasteiger partial charge is 0.304 e. The van der Waals surface area contributed by atoms with Crippen molar-refractivity contribution < 1.29 is 0 Å². The smallest absolute Gasteiger partial charge is 0.0658 e. The minimum atomic E-state index is 0.676. The number of hydrogen-bond donors (Lipinski definition) is 2. The van der Waals surface area contributed by atoms with Crippen molar-refractivity contribution in [3.05, 3.63) is 33.0 Å². The summed E-state index contributed by atoms with van der Waals surface area (Å²) >= 11 is 12.8. The molecule has 0 aliphatic rings. The lowest BCUT2D eigenvalue weighted by atomic mass is 10.2. The Morgan fingerprint density at radius 2 is 1.09 bits per heavy atom. The predicted molar refractivity (Wildman–Crippen MR) is 151 cm³/mol. The van der Waals surface area contributed by atoms with Crippen LogP contribution in [0.15, 0.2) is 30.5 Å². The van der Waals surface area contributed by atoms with Gasteiger partial charge in [0.15, 0.2) is 0 Å². The van der Waals surface area contributed by atoms with Crippen LogP contribution >= 0.6 is 47.9 Å². The molecular weight excluding hydrogens is 473 g/mol. The molecule has 0 radical (unpaired) electrons. The highest BCUT2D eigenvalue weighted by Gasteiger charge is 2.07. The van der Waals surface area contributed by atoms with Crippen LogP contribution in [0.4, 0.5) is 0 Å². The first-order chi connectivity index (χ1) is 15.5. The second-order valence-corrected chi connectivity index (χ2v) is 11.3. The number of thiophene rings is 2. The number of nitrogens with zero attached hydrogens (tertiary/aromatic N) is 4. The molecule has 0 N–H and O–H groups in total. The molecule has 0 atom stereocenters. The van der Waals surface area contributed by atoms with Gasteiger partial charge in [-0.3, -0.25) is 9.98 Å². The minimum Gasteiger partial charge on any atom is -0.304 e. The van der Waals surface area contributed by atoms with Crippen LogP contribution in [0.3, 0.4) is 0 Å². The molecule has 2 aromatic heterocycles. The molecule has 0 aliphatic carbocycles. The SMILES string of the molecule is CCN(CC)CCc1cc(C=NCCN=Cc2cc(CCN(CC)CC)sc2S)c(S)s1. The van der Waals surface area contributed by atoms with Gasteiger partial charge in [-0.2, -0.15) is 0 Å². The summed E-state index contributed by atoms with van der Waals surface area (Å²) in [7, 11) is 0. The summed E-state index contributed by atoms with van der Waals surface area (Å²) in [5.74, 6) is 0. The first-order valence-electron chi connectivity index (χ1n) is 11.6. The van der Waals surface area contributed by atoms with Gasteiger partial charge in [-0.25, -0.2) is 0 Å². The molecule has 32 heavy (non-hydrogen) atoms. The summed E-state index contributed by atoms with van der Waals surface area (Å²) in [5, 5.41) is 0. The Kier molecular flexibility index (Phi) is 13.2. The third-order valence-corrected chi connectivity index (χ3v) is 8.63. The van der Waals surface area contributed by atoms with Crippen LogP contribution in [0, 0.1) is 0 Å². The third-order valence-electron chi connectivity index (χ3n) is 5.54. The number of rotatable bonds is 15. The van der Waals surface area contributed by atoms with Gasteiger partial charge in [-0.05, 0) is 51.2 Å². The molecule has 0 saturated carbocycles. The summed E-state index contributed by atoms with van der Waals surface area (Å²) in [4.78, 5) is 16.7. The molecule has 4 nitrogen and oxygen atoms in total. The quantitative estimate of drug-likeness (QED) is 0.183. The van der Waals surface area contributed by atoms with E-state index in [4.69, 9.17) is 0 Å². The summed E-state index contributed by atoms with van der Waals surface area (Å²) in [6.45, 7) is 16.8. The van der Waals surface area contributed by atoms with Gasteiger partial charge in [0.25, 0.3) is 0 Å². The van der Waals surface area contributed by atoms with Gasteiger partial charge in [0, 0.05) is 46.4 Å². The summed E-state index contributed by atoms with van der Waals surface area (Å²) in [6, 6.07) is 4.45. The lowest BCUT2D eigenvalue weighted by molar-refractivity contribution is 0.308. The average Bonchev–Trinajstić information content (AvgIpc) is 3.33. The van der Waals surface area contributed by atoms with E-state index in [9.17, 15) is 0 Å². The van der Waals surface area contributed by atoms with E-state index in [0.29, 0.717) is 13.1 Å². The Bertz CT molecular complexity index is 778. The van der Waals surface area contributed by atoms with E-state index in [0.717, 1.165) is 71.7 Å². The molecule has 0 aliphatic heterocycles. The monoisotopic (exact) mass is 510 g/mol. The maximum atomic E-state index is 4.63. The molecule has 8 heteroatoms. The average molecular weight is 511 g/mol. The van der Waals surface area contributed by atoms with Gasteiger partial charge < -0.3 is 9.80 Å². The highest BCUT2D eigenvalue weighted by Crippen LogP contribution is 2.26. The molecule has 2 heterocycles. The van der Waals surface area contributed by atoms with Crippen LogP contribution < -0.4 is 0 Å². The molecule has 0 saturated heterocycles. The van der Waals surface area contributed by atoms with Crippen LogP contribution in [-0.2, 0) is 12.8 Å². The van der Waals surface area contributed by atoms with Crippen molar-refractivity contribution in [2.45, 2.75) is 49.0 Å². The number of aliphatic imine (C=N–C) groups is 2. The van der Waals surface area contributed by atoms with Crippen molar-refractivity contribution in [3.63, 3.8) is 0 Å². The standard InChI is InChI=1S/C24H38N4S4/c1-5-27(6-2)13-9-21-15-19(23(29)31-21)17-25-11-12-26-18-20-16-22(32-24(20)30)10-14-28(7-3)8-4/h15-18,29-30H,5-14H2,1-4H3. The molecule has 2 aromatic rings. The maximum absolute atomic E-state index is 4.63. The van der Waals surface area contributed by atoms with Gasteiger partial charge in [-0.1, -0.05) is 27.7 Å². The molecule has 2 rings (SSSR count). The molecular formula is C24H38N4S4. The molecule has 0 bridgehead atoms. The van der Waals surface area contributed by atoms with Gasteiger partial charge >= 0.3 is 0 Å². The molecule has 0 fully saturated rings. The van der Waals surface area contributed by atoms with E-state index in [-0.39, 0.29) is 0 Å². The fourth-order valence-corrected chi connectivity index (χ4v) is 6.05. The Hall–Kier alpha value is -0.640. The van der Waals surface area contributed by atoms with Gasteiger partial charge in [0.1, 0.15) is 0 Å². The normalized spacial score (nSPS) is 12.4. The first-order valence-corrected chi connectivity index (χ1v) is 14.1. The zero-order valence-electron chi connectivity index (χ0n) is 19.9. The zero-order valence-corrected chi connectivity index (χ0v) is 23.3. The third kappa shape index (κ3) is 9.31. The van der Waals surface area contributed by atoms with Crippen molar-refractivity contribution in [2.75, 3.05) is 52.4 Å². The first kappa shape index (κ1) is 27.6. The van der Waals surface area contributed by atoms with E-state index in [1.807, 2.05) is 12.4 Å². The van der Waals surface area contributed by atoms with Gasteiger partial charge in [-0.15, -0.1) is 47.9 Å². The number of thiol groups is 2. The zero-order chi connectivity index (χ0) is 23.3. The molecule has 178 valence electrons. The van der Waals surface area contributed by atoms with E-state index >= 15 is 0 Å². The summed E-state index contributed by atoms with van der Waals surface area (Å²) < 4.78 is 2.09. The van der Waals surface area contributed by atoms with Crippen molar-refractivity contribution in [3.8, 4) is 0 Å². The molecule has 0 spiro atoms. The molecule has 0 aromatic carbocycles. The van der Waals surface area contributed by atoms with Crippen LogP contribution in [0.1, 0.15) is 48.6 Å². The van der Waals surface area contributed by atoms with Crippen LogP contribution in [0.25, 0.3) is 0 Å². The number of hydrogen-bond acceptors (Lipinski definition) is 8.